The van der Waals surface area contributed by atoms with E-state index in [0.29, 0.717) is 11.4 Å². The van der Waals surface area contributed by atoms with E-state index >= 15 is 0 Å². The minimum Gasteiger partial charge on any atom is -0.477 e. The van der Waals surface area contributed by atoms with Crippen molar-refractivity contribution < 1.29 is 9.90 Å². The molecule has 0 bridgehead atoms. The number of nitrogens with zero attached hydrogens (tertiary/aromatic N) is 3. The van der Waals surface area contributed by atoms with Crippen molar-refractivity contribution in [3.8, 4) is 11.4 Å². The van der Waals surface area contributed by atoms with E-state index in [9.17, 15) is 4.79 Å². The number of carboxylic acid groups (broad SMARTS) is 1. The van der Waals surface area contributed by atoms with Crippen LogP contribution < -0.4 is 0 Å². The van der Waals surface area contributed by atoms with E-state index in [1.54, 1.807) is 19.3 Å². The Morgan fingerprint density at radius 3 is 2.69 bits per heavy atom. The fourth-order valence-electron chi connectivity index (χ4n) is 1.32. The summed E-state index contributed by atoms with van der Waals surface area (Å²) < 4.78 is 2.19. The summed E-state index contributed by atoms with van der Waals surface area (Å²) in [6.45, 7) is 0. The Morgan fingerprint density at radius 2 is 2.19 bits per heavy atom. The quantitative estimate of drug-likeness (QED) is 0.914. The van der Waals surface area contributed by atoms with Gasteiger partial charge in [0.05, 0.1) is 5.69 Å². The van der Waals surface area contributed by atoms with Gasteiger partial charge in [0.25, 0.3) is 0 Å². The Balaban J connectivity index is 2.45. The van der Waals surface area contributed by atoms with E-state index in [4.69, 9.17) is 5.11 Å². The van der Waals surface area contributed by atoms with E-state index < -0.39 is 5.97 Å². The molecular weight excluding hydrogens is 274 g/mol. The van der Waals surface area contributed by atoms with Crippen LogP contribution in [0.3, 0.4) is 0 Å². The number of pyridine rings is 1. The van der Waals surface area contributed by atoms with Crippen LogP contribution in [-0.2, 0) is 7.05 Å². The molecule has 6 heteroatoms. The second kappa shape index (κ2) is 4.05. The molecule has 2 aromatic rings. The van der Waals surface area contributed by atoms with Gasteiger partial charge < -0.3 is 5.11 Å². The fourth-order valence-corrected chi connectivity index (χ4v) is 1.55. The molecule has 0 aliphatic heterocycles. The number of halogens is 1. The lowest BCUT2D eigenvalue weighted by Gasteiger charge is -1.94. The largest absolute Gasteiger partial charge is 0.477 e. The first-order chi connectivity index (χ1) is 7.58. The van der Waals surface area contributed by atoms with Gasteiger partial charge in [-0.05, 0) is 28.1 Å². The lowest BCUT2D eigenvalue weighted by atomic mass is 10.2. The molecule has 0 fully saturated rings. The van der Waals surface area contributed by atoms with Gasteiger partial charge in [0, 0.05) is 23.8 Å². The van der Waals surface area contributed by atoms with Gasteiger partial charge in [-0.25, -0.2) is 4.79 Å². The van der Waals surface area contributed by atoms with Crippen LogP contribution in [0.5, 0.6) is 0 Å². The molecule has 0 radical (unpaired) electrons. The topological polar surface area (TPSA) is 68.0 Å². The molecule has 0 amide bonds. The van der Waals surface area contributed by atoms with E-state index in [2.05, 4.69) is 26.0 Å². The number of rotatable bonds is 2. The first kappa shape index (κ1) is 10.8. The summed E-state index contributed by atoms with van der Waals surface area (Å²) >= 11 is 3.28. The van der Waals surface area contributed by atoms with Crippen LogP contribution in [0.25, 0.3) is 11.4 Å². The summed E-state index contributed by atoms with van der Waals surface area (Å²) in [6, 6.07) is 5.11. The van der Waals surface area contributed by atoms with Crippen molar-refractivity contribution in [2.45, 2.75) is 0 Å². The van der Waals surface area contributed by atoms with Gasteiger partial charge in [-0.1, -0.05) is 0 Å². The van der Waals surface area contributed by atoms with E-state index in [0.717, 1.165) is 4.47 Å². The molecule has 2 aromatic heterocycles. The van der Waals surface area contributed by atoms with Crippen LogP contribution in [0.1, 0.15) is 10.5 Å². The Bertz CT molecular complexity index is 533. The smallest absolute Gasteiger partial charge is 0.354 e. The Kier molecular flexibility index (Phi) is 2.74. The van der Waals surface area contributed by atoms with Crippen molar-refractivity contribution in [2.24, 2.45) is 7.05 Å². The zero-order valence-corrected chi connectivity index (χ0v) is 9.97. The minimum atomic E-state index is -1.00. The third-order valence-electron chi connectivity index (χ3n) is 2.09. The normalized spacial score (nSPS) is 10.4. The predicted molar refractivity (Wildman–Crippen MR) is 61.1 cm³/mol. The maximum atomic E-state index is 10.8. The predicted octanol–water partition coefficient (Wildman–Crippen LogP) is 1.94. The summed E-state index contributed by atoms with van der Waals surface area (Å²) in [6.07, 6.45) is 1.64. The number of carboxylic acids is 1. The lowest BCUT2D eigenvalue weighted by molar-refractivity contribution is 0.0685. The standard InChI is InChI=1S/C10H8BrN3O2/c1-14-9(10(15)16)4-8(13-14)7-3-2-6(11)5-12-7/h2-5H,1H3,(H,15,16). The molecule has 82 valence electrons. The van der Waals surface area contributed by atoms with E-state index in [-0.39, 0.29) is 5.69 Å². The van der Waals surface area contributed by atoms with Gasteiger partial charge in [0.15, 0.2) is 0 Å². The van der Waals surface area contributed by atoms with Gasteiger partial charge >= 0.3 is 5.97 Å². The summed E-state index contributed by atoms with van der Waals surface area (Å²) in [7, 11) is 1.59. The van der Waals surface area contributed by atoms with Gasteiger partial charge in [-0.3, -0.25) is 9.67 Å². The van der Waals surface area contributed by atoms with Gasteiger partial charge in [-0.15, -0.1) is 0 Å². The second-order valence-electron chi connectivity index (χ2n) is 3.21. The maximum absolute atomic E-state index is 10.8. The maximum Gasteiger partial charge on any atom is 0.354 e. The first-order valence-electron chi connectivity index (χ1n) is 4.47. The number of hydrogen-bond donors (Lipinski definition) is 1. The molecule has 0 aliphatic carbocycles. The average Bonchev–Trinajstić information content (AvgIpc) is 2.61. The molecular formula is C10H8BrN3O2. The van der Waals surface area contributed by atoms with Crippen molar-refractivity contribution in [2.75, 3.05) is 0 Å². The van der Waals surface area contributed by atoms with Gasteiger partial charge in [0.1, 0.15) is 11.4 Å². The van der Waals surface area contributed by atoms with Crippen molar-refractivity contribution in [1.82, 2.24) is 14.8 Å². The Hall–Kier alpha value is -1.69. The molecule has 0 saturated heterocycles. The minimum absolute atomic E-state index is 0.139. The highest BCUT2D eigenvalue weighted by Gasteiger charge is 2.13. The van der Waals surface area contributed by atoms with Gasteiger partial charge in [0.2, 0.25) is 0 Å². The molecule has 2 rings (SSSR count). The molecule has 0 aromatic carbocycles. The molecule has 0 spiro atoms. The van der Waals surface area contributed by atoms with Crippen LogP contribution in [-0.4, -0.2) is 25.8 Å². The van der Waals surface area contributed by atoms with Crippen molar-refractivity contribution in [3.63, 3.8) is 0 Å². The van der Waals surface area contributed by atoms with E-state index in [1.807, 2.05) is 6.07 Å². The highest BCUT2D eigenvalue weighted by Crippen LogP contribution is 2.18. The van der Waals surface area contributed by atoms with Crippen molar-refractivity contribution >= 4 is 21.9 Å². The average molecular weight is 282 g/mol. The molecule has 16 heavy (non-hydrogen) atoms. The third kappa shape index (κ3) is 1.96. The van der Waals surface area contributed by atoms with Crippen LogP contribution in [0.15, 0.2) is 28.9 Å². The molecule has 5 nitrogen and oxygen atoms in total. The van der Waals surface area contributed by atoms with Crippen LogP contribution in [0.2, 0.25) is 0 Å². The molecule has 2 heterocycles. The highest BCUT2D eigenvalue weighted by molar-refractivity contribution is 9.10. The lowest BCUT2D eigenvalue weighted by Crippen LogP contribution is -2.04. The Morgan fingerprint density at radius 1 is 1.44 bits per heavy atom. The summed E-state index contributed by atoms with van der Waals surface area (Å²) in [4.78, 5) is 15.0. The molecule has 0 atom stereocenters. The summed E-state index contributed by atoms with van der Waals surface area (Å²) in [5.41, 5.74) is 1.33. The van der Waals surface area contributed by atoms with Crippen LogP contribution >= 0.6 is 15.9 Å². The van der Waals surface area contributed by atoms with Crippen molar-refractivity contribution in [1.29, 1.82) is 0 Å². The molecule has 0 unspecified atom stereocenters. The highest BCUT2D eigenvalue weighted by atomic mass is 79.9. The molecule has 1 N–H and O–H groups in total. The zero-order chi connectivity index (χ0) is 11.7. The second-order valence-corrected chi connectivity index (χ2v) is 4.12. The number of aromatic carboxylic acids is 1. The Labute approximate surface area is 99.9 Å². The number of carbonyl (C=O) groups is 1. The zero-order valence-electron chi connectivity index (χ0n) is 8.38. The van der Waals surface area contributed by atoms with Crippen molar-refractivity contribution in [3.05, 3.63) is 34.6 Å². The number of aryl methyl sites for hydroxylation is 1. The SMILES string of the molecule is Cn1nc(-c2ccc(Br)cn2)cc1C(=O)O. The number of hydrogen-bond acceptors (Lipinski definition) is 3. The van der Waals surface area contributed by atoms with Crippen LogP contribution in [0.4, 0.5) is 0 Å². The first-order valence-corrected chi connectivity index (χ1v) is 5.26. The monoisotopic (exact) mass is 281 g/mol. The molecule has 0 aliphatic rings. The third-order valence-corrected chi connectivity index (χ3v) is 2.56. The van der Waals surface area contributed by atoms with E-state index in [1.165, 1.54) is 10.7 Å². The van der Waals surface area contributed by atoms with Crippen LogP contribution in [0, 0.1) is 0 Å². The molecule has 0 saturated carbocycles. The summed E-state index contributed by atoms with van der Waals surface area (Å²) in [5, 5.41) is 13.0. The number of aromatic nitrogens is 3. The fraction of sp³-hybridized carbons (Fsp3) is 0.100. The van der Waals surface area contributed by atoms with Gasteiger partial charge in [-0.2, -0.15) is 5.10 Å². The summed E-state index contributed by atoms with van der Waals surface area (Å²) in [5.74, 6) is -1.00.